The van der Waals surface area contributed by atoms with Gasteiger partial charge in [0.15, 0.2) is 0 Å². The number of hydrogen-bond acceptors (Lipinski definition) is 4. The molecule has 2 rings (SSSR count). The lowest BCUT2D eigenvalue weighted by Crippen LogP contribution is -2.44. The number of carboxylic acids is 1. The molecule has 1 aromatic rings. The van der Waals surface area contributed by atoms with E-state index in [4.69, 9.17) is 0 Å². The summed E-state index contributed by atoms with van der Waals surface area (Å²) in [5.41, 5.74) is 2.63. The van der Waals surface area contributed by atoms with E-state index >= 15 is 0 Å². The van der Waals surface area contributed by atoms with Gasteiger partial charge in [-0.15, -0.1) is 23.7 Å². The van der Waals surface area contributed by atoms with Crippen LogP contribution in [0.5, 0.6) is 0 Å². The van der Waals surface area contributed by atoms with Crippen molar-refractivity contribution in [3.63, 3.8) is 0 Å². The van der Waals surface area contributed by atoms with Gasteiger partial charge in [0.2, 0.25) is 0 Å². The molecule has 1 aromatic heterocycles. The maximum absolute atomic E-state index is 11.2. The minimum atomic E-state index is -0.826. The van der Waals surface area contributed by atoms with E-state index in [0.29, 0.717) is 5.56 Å². The molecule has 1 N–H and O–H groups in total. The molecule has 1 aliphatic heterocycles. The van der Waals surface area contributed by atoms with E-state index in [0.717, 1.165) is 56.0 Å². The van der Waals surface area contributed by atoms with Crippen molar-refractivity contribution in [3.05, 3.63) is 27.5 Å². The summed E-state index contributed by atoms with van der Waals surface area (Å²) in [6.07, 6.45) is 4.28. The Morgan fingerprint density at radius 2 is 2.00 bits per heavy atom. The number of likely N-dealkylation sites (N-methyl/N-ethyl adjacent to an activating group) is 1. The van der Waals surface area contributed by atoms with Gasteiger partial charge in [0.25, 0.3) is 0 Å². The predicted octanol–water partition coefficient (Wildman–Crippen LogP) is 3.61. The average molecular weight is 359 g/mol. The second-order valence-corrected chi connectivity index (χ2v) is 6.85. The Hall–Kier alpha value is -0.880. The van der Waals surface area contributed by atoms with Gasteiger partial charge in [0, 0.05) is 36.4 Å². The Balaban J connectivity index is 0.00000264. The number of carbonyl (C=O) groups is 1. The Kier molecular flexibility index (Phi) is 8.26. The lowest BCUT2D eigenvalue weighted by atomic mass is 10.0. The van der Waals surface area contributed by atoms with Crippen LogP contribution in [0.4, 0.5) is 0 Å². The molecule has 130 valence electrons. The standard InChI is InChI=1S/C17H26N2O2S.ClH/c1-4-14(16-13(2)15(12-22-16)17(20)21)6-5-7-19-10-8-18(3)9-11-19;/h4,12H,5-11H2,1-3H3,(H,20,21);1H/b14-4+;. The third-order valence-electron chi connectivity index (χ3n) is 4.43. The average Bonchev–Trinajstić information content (AvgIpc) is 2.87. The second kappa shape index (κ2) is 9.42. The molecule has 23 heavy (non-hydrogen) atoms. The predicted molar refractivity (Wildman–Crippen MR) is 100 cm³/mol. The molecule has 0 aromatic carbocycles. The number of piperazine rings is 1. The fourth-order valence-electron chi connectivity index (χ4n) is 2.90. The Morgan fingerprint density at radius 3 is 2.52 bits per heavy atom. The Labute approximate surface area is 149 Å². The number of hydrogen-bond donors (Lipinski definition) is 1. The van der Waals surface area contributed by atoms with Crippen LogP contribution >= 0.6 is 23.7 Å². The van der Waals surface area contributed by atoms with Crippen LogP contribution in [0.2, 0.25) is 0 Å². The molecule has 0 amide bonds. The molecule has 0 atom stereocenters. The van der Waals surface area contributed by atoms with Gasteiger partial charge >= 0.3 is 5.97 Å². The maximum Gasteiger partial charge on any atom is 0.336 e. The summed E-state index contributed by atoms with van der Waals surface area (Å²) >= 11 is 1.55. The summed E-state index contributed by atoms with van der Waals surface area (Å²) in [4.78, 5) is 17.2. The molecule has 0 bridgehead atoms. The van der Waals surface area contributed by atoms with Crippen LogP contribution in [0.3, 0.4) is 0 Å². The SMILES string of the molecule is C/C=C(\CCCN1CCN(C)CC1)c1scc(C(=O)O)c1C.Cl. The molecule has 1 aliphatic rings. The van der Waals surface area contributed by atoms with Gasteiger partial charge in [-0.1, -0.05) is 6.08 Å². The Morgan fingerprint density at radius 1 is 1.35 bits per heavy atom. The fourth-order valence-corrected chi connectivity index (χ4v) is 4.07. The zero-order valence-electron chi connectivity index (χ0n) is 14.2. The third kappa shape index (κ3) is 5.31. The van der Waals surface area contributed by atoms with Gasteiger partial charge < -0.3 is 14.9 Å². The molecule has 2 heterocycles. The van der Waals surface area contributed by atoms with Crippen LogP contribution in [-0.4, -0.2) is 60.6 Å². The largest absolute Gasteiger partial charge is 0.478 e. The van der Waals surface area contributed by atoms with Crippen molar-refractivity contribution in [1.29, 1.82) is 0 Å². The molecule has 6 heteroatoms. The summed E-state index contributed by atoms with van der Waals surface area (Å²) in [7, 11) is 2.18. The quantitative estimate of drug-likeness (QED) is 0.843. The molecule has 0 spiro atoms. The molecule has 0 unspecified atom stereocenters. The molecule has 0 saturated carbocycles. The number of nitrogens with zero attached hydrogens (tertiary/aromatic N) is 2. The number of halogens is 1. The van der Waals surface area contributed by atoms with E-state index in [2.05, 4.69) is 22.9 Å². The lowest BCUT2D eigenvalue weighted by Gasteiger charge is -2.32. The van der Waals surface area contributed by atoms with E-state index in [9.17, 15) is 9.90 Å². The monoisotopic (exact) mass is 358 g/mol. The number of allylic oxidation sites excluding steroid dienone is 2. The normalized spacial score (nSPS) is 17.1. The summed E-state index contributed by atoms with van der Waals surface area (Å²) in [5.74, 6) is -0.826. The van der Waals surface area contributed by atoms with Gasteiger partial charge in [0.1, 0.15) is 0 Å². The van der Waals surface area contributed by atoms with Crippen LogP contribution in [-0.2, 0) is 0 Å². The number of carboxylic acid groups (broad SMARTS) is 1. The lowest BCUT2D eigenvalue weighted by molar-refractivity contribution is 0.0696. The van der Waals surface area contributed by atoms with E-state index in [1.807, 2.05) is 13.8 Å². The zero-order chi connectivity index (χ0) is 16.1. The summed E-state index contributed by atoms with van der Waals surface area (Å²) in [5, 5.41) is 10.9. The highest BCUT2D eigenvalue weighted by Crippen LogP contribution is 2.31. The number of rotatable bonds is 6. The van der Waals surface area contributed by atoms with Gasteiger partial charge in [-0.25, -0.2) is 4.79 Å². The molecular formula is C17H27ClN2O2S. The van der Waals surface area contributed by atoms with Crippen molar-refractivity contribution in [1.82, 2.24) is 9.80 Å². The molecule has 0 radical (unpaired) electrons. The van der Waals surface area contributed by atoms with Crippen molar-refractivity contribution >= 4 is 35.3 Å². The van der Waals surface area contributed by atoms with E-state index < -0.39 is 5.97 Å². The molecule has 1 fully saturated rings. The first-order valence-electron chi connectivity index (χ1n) is 7.90. The van der Waals surface area contributed by atoms with Crippen molar-refractivity contribution < 1.29 is 9.90 Å². The van der Waals surface area contributed by atoms with Gasteiger partial charge in [0.05, 0.1) is 5.56 Å². The van der Waals surface area contributed by atoms with E-state index in [-0.39, 0.29) is 12.4 Å². The summed E-state index contributed by atoms with van der Waals surface area (Å²) in [6, 6.07) is 0. The molecule has 4 nitrogen and oxygen atoms in total. The van der Waals surface area contributed by atoms with Crippen LogP contribution in [0, 0.1) is 6.92 Å². The Bertz CT molecular complexity index is 549. The van der Waals surface area contributed by atoms with Crippen LogP contribution in [0.15, 0.2) is 11.5 Å². The number of thiophene rings is 1. The molecule has 1 saturated heterocycles. The smallest absolute Gasteiger partial charge is 0.336 e. The molecular weight excluding hydrogens is 332 g/mol. The maximum atomic E-state index is 11.2. The highest BCUT2D eigenvalue weighted by Gasteiger charge is 2.17. The van der Waals surface area contributed by atoms with Crippen molar-refractivity contribution in [2.75, 3.05) is 39.8 Å². The van der Waals surface area contributed by atoms with Gasteiger partial charge in [-0.2, -0.15) is 0 Å². The topological polar surface area (TPSA) is 43.8 Å². The molecule has 0 aliphatic carbocycles. The van der Waals surface area contributed by atoms with Crippen molar-refractivity contribution in [2.24, 2.45) is 0 Å². The highest BCUT2D eigenvalue weighted by atomic mass is 35.5. The van der Waals surface area contributed by atoms with E-state index in [1.54, 1.807) is 16.7 Å². The zero-order valence-corrected chi connectivity index (χ0v) is 15.8. The van der Waals surface area contributed by atoms with Crippen molar-refractivity contribution in [3.8, 4) is 0 Å². The van der Waals surface area contributed by atoms with Crippen molar-refractivity contribution in [2.45, 2.75) is 26.7 Å². The first-order valence-corrected chi connectivity index (χ1v) is 8.78. The summed E-state index contributed by atoms with van der Waals surface area (Å²) < 4.78 is 0. The minimum absolute atomic E-state index is 0. The van der Waals surface area contributed by atoms with Gasteiger partial charge in [-0.3, -0.25) is 0 Å². The van der Waals surface area contributed by atoms with Crippen LogP contribution in [0.1, 0.15) is 40.6 Å². The fraction of sp³-hybridized carbons (Fsp3) is 0.588. The minimum Gasteiger partial charge on any atom is -0.478 e. The summed E-state index contributed by atoms with van der Waals surface area (Å²) in [6.45, 7) is 9.71. The first-order chi connectivity index (χ1) is 10.5. The first kappa shape index (κ1) is 20.2. The highest BCUT2D eigenvalue weighted by molar-refractivity contribution is 7.11. The number of aromatic carboxylic acids is 1. The van der Waals surface area contributed by atoms with E-state index in [1.165, 1.54) is 5.57 Å². The van der Waals surface area contributed by atoms with Crippen LogP contribution < -0.4 is 0 Å². The third-order valence-corrected chi connectivity index (χ3v) is 5.58. The van der Waals surface area contributed by atoms with Crippen LogP contribution in [0.25, 0.3) is 5.57 Å². The second-order valence-electron chi connectivity index (χ2n) is 5.97. The van der Waals surface area contributed by atoms with Gasteiger partial charge in [-0.05, 0) is 51.4 Å².